The lowest BCUT2D eigenvalue weighted by Gasteiger charge is -2.22. The number of aromatic nitrogens is 2. The predicted molar refractivity (Wildman–Crippen MR) is 75.7 cm³/mol. The molecule has 2 N–H and O–H groups in total. The Hall–Kier alpha value is -1.36. The third-order valence-corrected chi connectivity index (χ3v) is 4.12. The highest BCUT2D eigenvalue weighted by atomic mass is 16.5. The van der Waals surface area contributed by atoms with Gasteiger partial charge in [-0.25, -0.2) is 4.98 Å². The van der Waals surface area contributed by atoms with Crippen LogP contribution in [0.1, 0.15) is 55.1 Å². The van der Waals surface area contributed by atoms with Gasteiger partial charge in [-0.1, -0.05) is 13.8 Å². The first-order chi connectivity index (χ1) is 9.53. The van der Waals surface area contributed by atoms with Gasteiger partial charge in [0.2, 0.25) is 0 Å². The van der Waals surface area contributed by atoms with Crippen LogP contribution in [0.5, 0.6) is 0 Å². The second-order valence-corrected chi connectivity index (χ2v) is 6.73. The van der Waals surface area contributed by atoms with Crippen molar-refractivity contribution in [3.05, 3.63) is 17.2 Å². The van der Waals surface area contributed by atoms with E-state index < -0.39 is 0 Å². The summed E-state index contributed by atoms with van der Waals surface area (Å²) in [6.45, 7) is 5.86. The van der Waals surface area contributed by atoms with Crippen LogP contribution in [0.3, 0.4) is 0 Å². The number of H-pyrrole nitrogens is 1. The van der Waals surface area contributed by atoms with Crippen LogP contribution in [0.4, 0.5) is 0 Å². The maximum atomic E-state index is 12.1. The van der Waals surface area contributed by atoms with Crippen LogP contribution in [0.2, 0.25) is 0 Å². The standard InChI is InChI=1S/C15H23N3O2/c1-15(2)8-11-13(14(19)16-9-15)18-12(17-11)7-10-5-3-4-6-20-10/h10H,3-9H2,1-2H3,(H,16,19)(H,17,18)/t10-/m0/s1. The van der Waals surface area contributed by atoms with E-state index >= 15 is 0 Å². The van der Waals surface area contributed by atoms with E-state index in [1.165, 1.54) is 6.42 Å². The molecule has 2 aliphatic rings. The van der Waals surface area contributed by atoms with Crippen molar-refractivity contribution in [3.8, 4) is 0 Å². The molecule has 1 fully saturated rings. The number of nitrogens with zero attached hydrogens (tertiary/aromatic N) is 1. The first-order valence-electron chi connectivity index (χ1n) is 7.51. The minimum Gasteiger partial charge on any atom is -0.378 e. The highest BCUT2D eigenvalue weighted by Crippen LogP contribution is 2.26. The molecule has 110 valence electrons. The predicted octanol–water partition coefficient (Wildman–Crippen LogP) is 1.83. The van der Waals surface area contributed by atoms with E-state index in [0.29, 0.717) is 12.2 Å². The summed E-state index contributed by atoms with van der Waals surface area (Å²) in [5.41, 5.74) is 1.60. The van der Waals surface area contributed by atoms with Crippen LogP contribution in [-0.4, -0.2) is 35.1 Å². The lowest BCUT2D eigenvalue weighted by molar-refractivity contribution is 0.0157. The molecule has 0 spiro atoms. The van der Waals surface area contributed by atoms with Gasteiger partial charge in [-0.15, -0.1) is 0 Å². The summed E-state index contributed by atoms with van der Waals surface area (Å²) in [6, 6.07) is 0. The van der Waals surface area contributed by atoms with E-state index in [1.807, 2.05) is 0 Å². The van der Waals surface area contributed by atoms with E-state index in [-0.39, 0.29) is 17.4 Å². The van der Waals surface area contributed by atoms with Crippen molar-refractivity contribution in [1.82, 2.24) is 15.3 Å². The summed E-state index contributed by atoms with van der Waals surface area (Å²) in [6.07, 6.45) is 5.33. The lowest BCUT2D eigenvalue weighted by atomic mass is 9.88. The van der Waals surface area contributed by atoms with Gasteiger partial charge in [0.1, 0.15) is 11.5 Å². The Morgan fingerprint density at radius 3 is 3.00 bits per heavy atom. The number of nitrogens with one attached hydrogen (secondary N) is 2. The molecule has 1 amide bonds. The molecule has 5 nitrogen and oxygen atoms in total. The molecule has 0 bridgehead atoms. The summed E-state index contributed by atoms with van der Waals surface area (Å²) in [5.74, 6) is 0.826. The zero-order valence-electron chi connectivity index (χ0n) is 12.3. The molecule has 0 aliphatic carbocycles. The Labute approximate surface area is 119 Å². The average molecular weight is 277 g/mol. The summed E-state index contributed by atoms with van der Waals surface area (Å²) in [7, 11) is 0. The van der Waals surface area contributed by atoms with Crippen LogP contribution in [0.25, 0.3) is 0 Å². The van der Waals surface area contributed by atoms with Gasteiger partial charge in [0.15, 0.2) is 0 Å². The number of imidazole rings is 1. The Kier molecular flexibility index (Phi) is 3.54. The number of amides is 1. The fourth-order valence-corrected chi connectivity index (χ4v) is 3.00. The molecule has 1 atom stereocenters. The molecule has 1 saturated heterocycles. The normalized spacial score (nSPS) is 25.7. The van der Waals surface area contributed by atoms with Crippen molar-refractivity contribution in [2.75, 3.05) is 13.2 Å². The number of fused-ring (bicyclic) bond motifs is 1. The van der Waals surface area contributed by atoms with Gasteiger partial charge in [-0.05, 0) is 31.1 Å². The van der Waals surface area contributed by atoms with Crippen LogP contribution in [-0.2, 0) is 17.6 Å². The number of hydrogen-bond acceptors (Lipinski definition) is 3. The minimum atomic E-state index is -0.0577. The number of carbonyl (C=O) groups is 1. The number of hydrogen-bond donors (Lipinski definition) is 2. The summed E-state index contributed by atoms with van der Waals surface area (Å²) in [5, 5.41) is 2.96. The fraction of sp³-hybridized carbons (Fsp3) is 0.733. The van der Waals surface area contributed by atoms with Crippen molar-refractivity contribution >= 4 is 5.91 Å². The van der Waals surface area contributed by atoms with Gasteiger partial charge in [-0.2, -0.15) is 0 Å². The molecule has 0 unspecified atom stereocenters. The van der Waals surface area contributed by atoms with Crippen LogP contribution in [0, 0.1) is 5.41 Å². The lowest BCUT2D eigenvalue weighted by Crippen LogP contribution is -2.32. The molecule has 0 saturated carbocycles. The van der Waals surface area contributed by atoms with Crippen molar-refractivity contribution in [2.24, 2.45) is 5.41 Å². The number of carbonyl (C=O) groups excluding carboxylic acids is 1. The van der Waals surface area contributed by atoms with E-state index in [0.717, 1.165) is 43.8 Å². The third kappa shape index (κ3) is 2.87. The Balaban J connectivity index is 1.78. The van der Waals surface area contributed by atoms with Crippen molar-refractivity contribution in [2.45, 2.75) is 52.1 Å². The van der Waals surface area contributed by atoms with Gasteiger partial charge < -0.3 is 15.0 Å². The largest absolute Gasteiger partial charge is 0.378 e. The van der Waals surface area contributed by atoms with Gasteiger partial charge in [-0.3, -0.25) is 4.79 Å². The van der Waals surface area contributed by atoms with Gasteiger partial charge in [0.25, 0.3) is 5.91 Å². The molecule has 0 radical (unpaired) electrons. The highest BCUT2D eigenvalue weighted by Gasteiger charge is 2.30. The molecule has 2 aliphatic heterocycles. The first kappa shape index (κ1) is 13.6. The Morgan fingerprint density at radius 2 is 2.25 bits per heavy atom. The van der Waals surface area contributed by atoms with E-state index in [2.05, 4.69) is 29.1 Å². The zero-order valence-corrected chi connectivity index (χ0v) is 12.3. The van der Waals surface area contributed by atoms with E-state index in [9.17, 15) is 4.79 Å². The van der Waals surface area contributed by atoms with E-state index in [1.54, 1.807) is 0 Å². The molecule has 20 heavy (non-hydrogen) atoms. The molecular weight excluding hydrogens is 254 g/mol. The smallest absolute Gasteiger partial charge is 0.271 e. The Bertz CT molecular complexity index is 501. The molecule has 3 rings (SSSR count). The van der Waals surface area contributed by atoms with Gasteiger partial charge in [0.05, 0.1) is 6.10 Å². The maximum absolute atomic E-state index is 12.1. The SMILES string of the molecule is CC1(C)CNC(=O)c2nc(C[C@@H]3CCCCO3)[nH]c2C1. The first-order valence-corrected chi connectivity index (χ1v) is 7.51. The average Bonchev–Trinajstić information content (AvgIpc) is 2.75. The summed E-state index contributed by atoms with van der Waals surface area (Å²) in [4.78, 5) is 19.9. The van der Waals surface area contributed by atoms with Crippen LogP contribution >= 0.6 is 0 Å². The third-order valence-electron chi connectivity index (χ3n) is 4.12. The Morgan fingerprint density at radius 1 is 1.40 bits per heavy atom. The minimum absolute atomic E-state index is 0.0577. The fourth-order valence-electron chi connectivity index (χ4n) is 3.00. The van der Waals surface area contributed by atoms with Gasteiger partial charge in [0, 0.05) is 25.3 Å². The number of ether oxygens (including phenoxy) is 1. The van der Waals surface area contributed by atoms with Crippen LogP contribution in [0.15, 0.2) is 0 Å². The monoisotopic (exact) mass is 277 g/mol. The van der Waals surface area contributed by atoms with E-state index in [4.69, 9.17) is 4.74 Å². The second-order valence-electron chi connectivity index (χ2n) is 6.73. The quantitative estimate of drug-likeness (QED) is 0.866. The number of rotatable bonds is 2. The molecule has 1 aromatic rings. The maximum Gasteiger partial charge on any atom is 0.271 e. The second kappa shape index (κ2) is 5.20. The van der Waals surface area contributed by atoms with Crippen molar-refractivity contribution in [1.29, 1.82) is 0 Å². The molecule has 3 heterocycles. The van der Waals surface area contributed by atoms with Crippen molar-refractivity contribution in [3.63, 3.8) is 0 Å². The molecule has 5 heteroatoms. The molecule has 1 aromatic heterocycles. The summed E-state index contributed by atoms with van der Waals surface area (Å²) < 4.78 is 5.75. The summed E-state index contributed by atoms with van der Waals surface area (Å²) >= 11 is 0. The van der Waals surface area contributed by atoms with Crippen molar-refractivity contribution < 1.29 is 9.53 Å². The zero-order chi connectivity index (χ0) is 14.2. The molecule has 0 aromatic carbocycles. The topological polar surface area (TPSA) is 67.0 Å². The van der Waals surface area contributed by atoms with Gasteiger partial charge >= 0.3 is 0 Å². The number of aromatic amines is 1. The van der Waals surface area contributed by atoms with Crippen LogP contribution < -0.4 is 5.32 Å². The highest BCUT2D eigenvalue weighted by molar-refractivity contribution is 5.93. The molecular formula is C15H23N3O2.